The summed E-state index contributed by atoms with van der Waals surface area (Å²) in [5, 5.41) is 0. The molecule has 3 aliphatic rings. The van der Waals surface area contributed by atoms with Gasteiger partial charge in [0.25, 0.3) is 0 Å². The van der Waals surface area contributed by atoms with E-state index in [9.17, 15) is 0 Å². The lowest BCUT2D eigenvalue weighted by Gasteiger charge is -2.18. The molecule has 20 heavy (non-hydrogen) atoms. The van der Waals surface area contributed by atoms with Gasteiger partial charge in [0.1, 0.15) is 0 Å². The molecule has 1 aromatic carbocycles. The topological polar surface area (TPSA) is 63.6 Å². The van der Waals surface area contributed by atoms with Crippen molar-refractivity contribution in [2.24, 2.45) is 0 Å². The largest absolute Gasteiger partial charge is 0.398 e. The molecule has 3 heterocycles. The second-order valence-electron chi connectivity index (χ2n) is 6.20. The number of nitrogen functional groups attached to an aromatic ring is 1. The molecule has 0 spiro atoms. The molecule has 3 unspecified atom stereocenters. The molecule has 1 aromatic rings. The highest BCUT2D eigenvalue weighted by molar-refractivity contribution is 5.60. The Morgan fingerprint density at radius 1 is 0.950 bits per heavy atom. The first-order valence-corrected chi connectivity index (χ1v) is 7.45. The molecule has 0 aromatic heterocycles. The summed E-state index contributed by atoms with van der Waals surface area (Å²) < 4.78 is 16.1. The highest BCUT2D eigenvalue weighted by Gasteiger charge is 2.31. The Bertz CT molecular complexity index is 531. The zero-order valence-electron chi connectivity index (χ0n) is 11.9. The van der Waals surface area contributed by atoms with Crippen molar-refractivity contribution in [2.75, 3.05) is 25.6 Å². The maximum Gasteiger partial charge on any atom is 0.0851 e. The van der Waals surface area contributed by atoms with Gasteiger partial charge in [0.2, 0.25) is 0 Å². The van der Waals surface area contributed by atoms with E-state index in [0.717, 1.165) is 44.8 Å². The van der Waals surface area contributed by atoms with E-state index in [1.807, 2.05) is 0 Å². The Morgan fingerprint density at radius 2 is 1.45 bits per heavy atom. The summed E-state index contributed by atoms with van der Waals surface area (Å²) >= 11 is 0. The minimum Gasteiger partial charge on any atom is -0.398 e. The van der Waals surface area contributed by atoms with E-state index in [1.54, 1.807) is 0 Å². The van der Waals surface area contributed by atoms with E-state index in [2.05, 4.69) is 13.0 Å². The Hall–Kier alpha value is -1.10. The maximum atomic E-state index is 6.45. The summed E-state index contributed by atoms with van der Waals surface area (Å²) in [6.07, 6.45) is 3.99. The van der Waals surface area contributed by atoms with Crippen LogP contribution in [-0.4, -0.2) is 38.1 Å². The molecular formula is C16H21NO3. The third-order valence-corrected chi connectivity index (χ3v) is 4.42. The first kappa shape index (κ1) is 12.6. The monoisotopic (exact) mass is 275 g/mol. The van der Waals surface area contributed by atoms with Crippen molar-refractivity contribution in [2.45, 2.75) is 44.5 Å². The van der Waals surface area contributed by atoms with Crippen molar-refractivity contribution in [3.8, 4) is 0 Å². The average molecular weight is 275 g/mol. The first-order valence-electron chi connectivity index (χ1n) is 7.45. The molecule has 3 atom stereocenters. The van der Waals surface area contributed by atoms with Crippen LogP contribution in [0.2, 0.25) is 0 Å². The Morgan fingerprint density at radius 3 is 2.00 bits per heavy atom. The second-order valence-corrected chi connectivity index (χ2v) is 6.20. The third kappa shape index (κ3) is 2.68. The van der Waals surface area contributed by atoms with Crippen molar-refractivity contribution in [1.29, 1.82) is 0 Å². The number of benzene rings is 1. The molecule has 3 saturated heterocycles. The summed E-state index contributed by atoms with van der Waals surface area (Å²) in [4.78, 5) is 0. The van der Waals surface area contributed by atoms with Crippen LogP contribution in [0.4, 0.5) is 5.69 Å². The fraction of sp³-hybridized carbons (Fsp3) is 0.625. The van der Waals surface area contributed by atoms with Gasteiger partial charge in [-0.15, -0.1) is 0 Å². The molecule has 0 amide bonds. The van der Waals surface area contributed by atoms with Crippen LogP contribution >= 0.6 is 0 Å². The van der Waals surface area contributed by atoms with Crippen molar-refractivity contribution in [1.82, 2.24) is 0 Å². The van der Waals surface area contributed by atoms with Crippen molar-refractivity contribution < 1.29 is 14.2 Å². The highest BCUT2D eigenvalue weighted by atomic mass is 16.6. The van der Waals surface area contributed by atoms with Crippen LogP contribution in [0.1, 0.15) is 22.3 Å². The summed E-state index contributed by atoms with van der Waals surface area (Å²) in [7, 11) is 0. The Balaban J connectivity index is 1.68. The molecule has 0 saturated carbocycles. The second kappa shape index (κ2) is 4.72. The van der Waals surface area contributed by atoms with Crippen LogP contribution in [0.5, 0.6) is 0 Å². The van der Waals surface area contributed by atoms with Gasteiger partial charge in [-0.05, 0) is 29.2 Å². The predicted molar refractivity (Wildman–Crippen MR) is 75.9 cm³/mol. The lowest BCUT2D eigenvalue weighted by molar-refractivity contribution is 0.401. The van der Waals surface area contributed by atoms with E-state index < -0.39 is 0 Å². The van der Waals surface area contributed by atoms with Gasteiger partial charge in [-0.25, -0.2) is 0 Å². The van der Waals surface area contributed by atoms with Crippen molar-refractivity contribution >= 4 is 5.69 Å². The van der Waals surface area contributed by atoms with E-state index in [0.29, 0.717) is 18.3 Å². The van der Waals surface area contributed by atoms with Crippen LogP contribution in [0.15, 0.2) is 6.07 Å². The number of epoxide rings is 3. The number of hydrogen-bond donors (Lipinski definition) is 1. The smallest absolute Gasteiger partial charge is 0.0851 e. The molecule has 0 radical (unpaired) electrons. The number of nitrogens with two attached hydrogens (primary N) is 1. The molecular weight excluding hydrogens is 254 g/mol. The fourth-order valence-electron chi connectivity index (χ4n) is 2.97. The molecule has 3 fully saturated rings. The standard InChI is InChI=1S/C16H21NO3/c1-9-2-10(3-11-6-18-11)16(17)15(5-13-8-20-13)14(9)4-12-7-19-12/h2,11-13H,3-8,17H2,1H3. The minimum absolute atomic E-state index is 0.364. The van der Waals surface area contributed by atoms with Crippen molar-refractivity contribution in [3.05, 3.63) is 28.3 Å². The summed E-state index contributed by atoms with van der Waals surface area (Å²) in [5.74, 6) is 0. The van der Waals surface area contributed by atoms with E-state index in [4.69, 9.17) is 19.9 Å². The van der Waals surface area contributed by atoms with Crippen LogP contribution < -0.4 is 5.73 Å². The summed E-state index contributed by atoms with van der Waals surface area (Å²) in [5.41, 5.74) is 12.6. The van der Waals surface area contributed by atoms with E-state index in [1.165, 1.54) is 22.3 Å². The Labute approximate surface area is 119 Å². The van der Waals surface area contributed by atoms with Crippen LogP contribution in [0, 0.1) is 6.92 Å². The minimum atomic E-state index is 0.364. The van der Waals surface area contributed by atoms with Crippen LogP contribution in [-0.2, 0) is 33.5 Å². The lowest BCUT2D eigenvalue weighted by atomic mass is 9.89. The third-order valence-electron chi connectivity index (χ3n) is 4.42. The average Bonchev–Trinajstić information content (AvgIpc) is 3.22. The molecule has 108 valence electrons. The first-order chi connectivity index (χ1) is 9.70. The maximum absolute atomic E-state index is 6.45. The molecule has 4 heteroatoms. The van der Waals surface area contributed by atoms with Crippen LogP contribution in [0.3, 0.4) is 0 Å². The van der Waals surface area contributed by atoms with E-state index in [-0.39, 0.29) is 0 Å². The highest BCUT2D eigenvalue weighted by Crippen LogP contribution is 2.33. The predicted octanol–water partition coefficient (Wildman–Crippen LogP) is 1.40. The Kier molecular flexibility index (Phi) is 2.98. The van der Waals surface area contributed by atoms with Gasteiger partial charge in [0, 0.05) is 24.9 Å². The van der Waals surface area contributed by atoms with Gasteiger partial charge in [-0.3, -0.25) is 0 Å². The number of aryl methyl sites for hydroxylation is 1. The van der Waals surface area contributed by atoms with Gasteiger partial charge in [-0.2, -0.15) is 0 Å². The van der Waals surface area contributed by atoms with Gasteiger partial charge in [0.15, 0.2) is 0 Å². The molecule has 4 nitrogen and oxygen atoms in total. The summed E-state index contributed by atoms with van der Waals surface area (Å²) in [6.45, 7) is 4.81. The van der Waals surface area contributed by atoms with Crippen LogP contribution in [0.25, 0.3) is 0 Å². The fourth-order valence-corrected chi connectivity index (χ4v) is 2.97. The molecule has 2 N–H and O–H groups in total. The zero-order chi connectivity index (χ0) is 13.7. The lowest BCUT2D eigenvalue weighted by Crippen LogP contribution is -2.12. The number of hydrogen-bond acceptors (Lipinski definition) is 4. The quantitative estimate of drug-likeness (QED) is 0.629. The molecule has 4 rings (SSSR count). The van der Waals surface area contributed by atoms with Gasteiger partial charge < -0.3 is 19.9 Å². The number of anilines is 1. The zero-order valence-corrected chi connectivity index (χ0v) is 11.9. The molecule has 0 aliphatic carbocycles. The molecule has 0 bridgehead atoms. The van der Waals surface area contributed by atoms with Gasteiger partial charge >= 0.3 is 0 Å². The number of rotatable bonds is 6. The number of ether oxygens (including phenoxy) is 3. The van der Waals surface area contributed by atoms with E-state index >= 15 is 0 Å². The molecule has 3 aliphatic heterocycles. The van der Waals surface area contributed by atoms with Crippen molar-refractivity contribution in [3.63, 3.8) is 0 Å². The van der Waals surface area contributed by atoms with Gasteiger partial charge in [-0.1, -0.05) is 6.07 Å². The normalized spacial score (nSPS) is 30.4. The SMILES string of the molecule is Cc1cc(CC2CO2)c(N)c(CC2CO2)c1CC1CO1. The summed E-state index contributed by atoms with van der Waals surface area (Å²) in [6, 6.07) is 2.24. The van der Waals surface area contributed by atoms with Gasteiger partial charge in [0.05, 0.1) is 38.1 Å².